The molecule has 1 heterocycles. The molecule has 0 fully saturated rings. The third-order valence-electron chi connectivity index (χ3n) is 3.75. The number of hydrogen-bond acceptors (Lipinski definition) is 5. The van der Waals surface area contributed by atoms with Crippen LogP contribution < -0.4 is 0 Å². The molecule has 3 aromatic rings. The number of rotatable bonds is 4. The lowest BCUT2D eigenvalue weighted by Gasteiger charge is -2.08. The number of nitrogens with zero attached hydrogens (tertiary/aromatic N) is 2. The molecule has 9 heteroatoms. The topological polar surface area (TPSA) is 99.3 Å². The predicted octanol–water partition coefficient (Wildman–Crippen LogP) is 3.56. The number of fused-ring (bicyclic) bond motifs is 1. The number of nitro groups is 1. The molecule has 3 rings (SSSR count). The predicted molar refractivity (Wildman–Crippen MR) is 92.8 cm³/mol. The van der Waals surface area contributed by atoms with Crippen LogP contribution in [0.3, 0.4) is 0 Å². The average molecular weight is 379 g/mol. The molecule has 0 N–H and O–H groups in total. The highest BCUT2D eigenvalue weighted by Gasteiger charge is 2.24. The van der Waals surface area contributed by atoms with Crippen LogP contribution in [-0.4, -0.2) is 23.6 Å². The van der Waals surface area contributed by atoms with Crippen LogP contribution in [0.2, 0.25) is 5.02 Å². The number of nitro benzene ring substituents is 1. The fourth-order valence-electron chi connectivity index (χ4n) is 2.54. The molecule has 0 radical (unpaired) electrons. The zero-order chi connectivity index (χ0) is 18.4. The van der Waals surface area contributed by atoms with Gasteiger partial charge in [0.15, 0.2) is 6.29 Å². The second kappa shape index (κ2) is 5.98. The van der Waals surface area contributed by atoms with Crippen molar-refractivity contribution in [3.05, 3.63) is 68.9 Å². The highest BCUT2D eigenvalue weighted by molar-refractivity contribution is 7.90. The fourth-order valence-corrected chi connectivity index (χ4v) is 4.12. The molecule has 7 nitrogen and oxygen atoms in total. The Balaban J connectivity index is 2.29. The minimum atomic E-state index is -4.15. The first-order valence-corrected chi connectivity index (χ1v) is 8.84. The van der Waals surface area contributed by atoms with Crippen LogP contribution in [0, 0.1) is 17.0 Å². The Bertz CT molecular complexity index is 1130. The van der Waals surface area contributed by atoms with Gasteiger partial charge in [-0.05, 0) is 31.2 Å². The van der Waals surface area contributed by atoms with Gasteiger partial charge in [0, 0.05) is 23.2 Å². The minimum Gasteiger partial charge on any atom is -0.298 e. The quantitative estimate of drug-likeness (QED) is 0.392. The van der Waals surface area contributed by atoms with Gasteiger partial charge in [0.05, 0.1) is 15.3 Å². The Labute approximate surface area is 147 Å². The number of benzene rings is 2. The molecule has 1 aromatic heterocycles. The summed E-state index contributed by atoms with van der Waals surface area (Å²) < 4.78 is 26.8. The molecule has 2 aromatic carbocycles. The van der Waals surface area contributed by atoms with E-state index in [1.165, 1.54) is 12.3 Å². The van der Waals surface area contributed by atoms with E-state index in [0.717, 1.165) is 21.7 Å². The van der Waals surface area contributed by atoms with Gasteiger partial charge in [-0.1, -0.05) is 23.2 Å². The molecular weight excluding hydrogens is 368 g/mol. The summed E-state index contributed by atoms with van der Waals surface area (Å²) >= 11 is 5.74. The molecule has 128 valence electrons. The summed E-state index contributed by atoms with van der Waals surface area (Å²) in [7, 11) is -4.15. The summed E-state index contributed by atoms with van der Waals surface area (Å²) in [6.07, 6.45) is 1.77. The highest BCUT2D eigenvalue weighted by atomic mass is 35.5. The van der Waals surface area contributed by atoms with Crippen molar-refractivity contribution < 1.29 is 18.1 Å². The Kier molecular flexibility index (Phi) is 4.09. The molecule has 0 atom stereocenters. The molecule has 0 spiro atoms. The molecule has 0 unspecified atom stereocenters. The summed E-state index contributed by atoms with van der Waals surface area (Å²) in [4.78, 5) is 21.2. The normalized spacial score (nSPS) is 11.6. The second-order valence-electron chi connectivity index (χ2n) is 5.39. The van der Waals surface area contributed by atoms with E-state index in [9.17, 15) is 23.3 Å². The lowest BCUT2D eigenvalue weighted by Crippen LogP contribution is -2.12. The summed E-state index contributed by atoms with van der Waals surface area (Å²) in [5.74, 6) is 0. The largest absolute Gasteiger partial charge is 0.298 e. The van der Waals surface area contributed by atoms with E-state index in [1.54, 1.807) is 18.2 Å². The average Bonchev–Trinajstić information content (AvgIpc) is 2.93. The Morgan fingerprint density at radius 3 is 2.56 bits per heavy atom. The molecule has 25 heavy (non-hydrogen) atoms. The van der Waals surface area contributed by atoms with Gasteiger partial charge in [-0.3, -0.25) is 14.9 Å². The maximum atomic E-state index is 12.9. The van der Waals surface area contributed by atoms with Crippen LogP contribution in [0.1, 0.15) is 15.9 Å². The summed E-state index contributed by atoms with van der Waals surface area (Å²) in [5.41, 5.74) is 0.884. The molecule has 0 bridgehead atoms. The third-order valence-corrected chi connectivity index (χ3v) is 5.74. The van der Waals surface area contributed by atoms with Gasteiger partial charge >= 0.3 is 0 Å². The van der Waals surface area contributed by atoms with Crippen LogP contribution in [0.5, 0.6) is 0 Å². The van der Waals surface area contributed by atoms with E-state index in [1.807, 2.05) is 6.92 Å². The Morgan fingerprint density at radius 1 is 1.20 bits per heavy atom. The lowest BCUT2D eigenvalue weighted by molar-refractivity contribution is -0.384. The Hall–Kier alpha value is -2.71. The SMILES string of the molecule is Cc1ccc2c(c1)c(C=O)cn2S(=O)(=O)c1ccc(Cl)c([N+](=O)[O-])c1. The van der Waals surface area contributed by atoms with E-state index >= 15 is 0 Å². The highest BCUT2D eigenvalue weighted by Crippen LogP contribution is 2.30. The summed E-state index contributed by atoms with van der Waals surface area (Å²) in [5, 5.41) is 11.3. The van der Waals surface area contributed by atoms with Crippen LogP contribution in [-0.2, 0) is 10.0 Å². The first-order valence-electron chi connectivity index (χ1n) is 7.02. The van der Waals surface area contributed by atoms with Crippen LogP contribution in [0.4, 0.5) is 5.69 Å². The smallest absolute Gasteiger partial charge is 0.289 e. The zero-order valence-electron chi connectivity index (χ0n) is 12.8. The monoisotopic (exact) mass is 378 g/mol. The van der Waals surface area contributed by atoms with E-state index < -0.39 is 20.6 Å². The van der Waals surface area contributed by atoms with Crippen molar-refractivity contribution in [2.45, 2.75) is 11.8 Å². The number of aryl methyl sites for hydroxylation is 1. The van der Waals surface area contributed by atoms with Gasteiger partial charge < -0.3 is 0 Å². The van der Waals surface area contributed by atoms with Crippen LogP contribution in [0.15, 0.2) is 47.5 Å². The molecule has 0 aliphatic rings. The first-order chi connectivity index (χ1) is 11.8. The fraction of sp³-hybridized carbons (Fsp3) is 0.0625. The van der Waals surface area contributed by atoms with Crippen molar-refractivity contribution in [1.29, 1.82) is 0 Å². The van der Waals surface area contributed by atoms with Gasteiger partial charge in [0.25, 0.3) is 15.7 Å². The number of halogens is 1. The molecule has 0 saturated carbocycles. The van der Waals surface area contributed by atoms with E-state index in [-0.39, 0.29) is 15.5 Å². The van der Waals surface area contributed by atoms with E-state index in [4.69, 9.17) is 11.6 Å². The second-order valence-corrected chi connectivity index (χ2v) is 7.62. The number of aromatic nitrogens is 1. The summed E-state index contributed by atoms with van der Waals surface area (Å²) in [6, 6.07) is 8.24. The number of carbonyl (C=O) groups is 1. The maximum Gasteiger partial charge on any atom is 0.289 e. The number of hydrogen-bond donors (Lipinski definition) is 0. The van der Waals surface area contributed by atoms with Crippen molar-refractivity contribution >= 4 is 44.5 Å². The Morgan fingerprint density at radius 2 is 1.92 bits per heavy atom. The van der Waals surface area contributed by atoms with Gasteiger partial charge in [0.1, 0.15) is 5.02 Å². The van der Waals surface area contributed by atoms with Gasteiger partial charge in [0.2, 0.25) is 0 Å². The van der Waals surface area contributed by atoms with Crippen LogP contribution >= 0.6 is 11.6 Å². The first kappa shape index (κ1) is 17.1. The third kappa shape index (κ3) is 2.79. The molecule has 0 aliphatic carbocycles. The number of carbonyl (C=O) groups excluding carboxylic acids is 1. The van der Waals surface area contributed by atoms with E-state index in [2.05, 4.69) is 0 Å². The van der Waals surface area contributed by atoms with Crippen molar-refractivity contribution in [2.75, 3.05) is 0 Å². The number of aldehydes is 1. The summed E-state index contributed by atoms with van der Waals surface area (Å²) in [6.45, 7) is 1.82. The zero-order valence-corrected chi connectivity index (χ0v) is 14.4. The van der Waals surface area contributed by atoms with Crippen molar-refractivity contribution in [3.8, 4) is 0 Å². The lowest BCUT2D eigenvalue weighted by atomic mass is 10.1. The van der Waals surface area contributed by atoms with Crippen molar-refractivity contribution in [3.63, 3.8) is 0 Å². The molecule has 0 saturated heterocycles. The van der Waals surface area contributed by atoms with E-state index in [0.29, 0.717) is 17.2 Å². The van der Waals surface area contributed by atoms with Gasteiger partial charge in [-0.25, -0.2) is 12.4 Å². The molecule has 0 aliphatic heterocycles. The maximum absolute atomic E-state index is 12.9. The molecular formula is C16H11ClN2O5S. The van der Waals surface area contributed by atoms with Gasteiger partial charge in [-0.2, -0.15) is 0 Å². The van der Waals surface area contributed by atoms with Crippen LogP contribution in [0.25, 0.3) is 10.9 Å². The standard InChI is InChI=1S/C16H11ClN2O5S/c1-10-2-5-15-13(6-10)11(9-20)8-18(15)25(23,24)12-3-4-14(17)16(7-12)19(21)22/h2-9H,1H3. The minimum absolute atomic E-state index is 0.162. The molecule has 0 amide bonds. The van der Waals surface area contributed by atoms with Crippen molar-refractivity contribution in [1.82, 2.24) is 3.97 Å². The van der Waals surface area contributed by atoms with Crippen molar-refractivity contribution in [2.24, 2.45) is 0 Å². The van der Waals surface area contributed by atoms with Gasteiger partial charge in [-0.15, -0.1) is 0 Å².